The van der Waals surface area contributed by atoms with Crippen LogP contribution < -0.4 is 10.1 Å². The van der Waals surface area contributed by atoms with Gasteiger partial charge in [-0.2, -0.15) is 18.3 Å². The van der Waals surface area contributed by atoms with Crippen molar-refractivity contribution in [2.75, 3.05) is 12.4 Å². The molecule has 0 bridgehead atoms. The van der Waals surface area contributed by atoms with E-state index in [2.05, 4.69) is 10.4 Å². The van der Waals surface area contributed by atoms with Crippen LogP contribution in [0, 0.1) is 11.6 Å². The second-order valence-electron chi connectivity index (χ2n) is 5.93. The molecule has 1 aromatic heterocycles. The first-order valence-electron chi connectivity index (χ1n) is 8.22. The molecule has 1 amide bonds. The van der Waals surface area contributed by atoms with Gasteiger partial charge in [-0.1, -0.05) is 12.1 Å². The molecule has 2 aromatic carbocycles. The fourth-order valence-electron chi connectivity index (χ4n) is 2.76. The molecule has 0 atom stereocenters. The molecule has 10 heteroatoms. The maximum absolute atomic E-state index is 13.7. The molecule has 152 valence electrons. The van der Waals surface area contributed by atoms with Crippen molar-refractivity contribution >= 4 is 11.7 Å². The highest BCUT2D eigenvalue weighted by molar-refractivity contribution is 6.04. The highest BCUT2D eigenvalue weighted by Crippen LogP contribution is 2.36. The molecule has 0 saturated heterocycles. The van der Waals surface area contributed by atoms with E-state index in [1.807, 2.05) is 0 Å². The van der Waals surface area contributed by atoms with E-state index in [9.17, 15) is 26.7 Å². The number of amides is 1. The first kappa shape index (κ1) is 20.3. The number of benzene rings is 2. The van der Waals surface area contributed by atoms with Gasteiger partial charge in [-0.05, 0) is 24.3 Å². The van der Waals surface area contributed by atoms with E-state index in [0.717, 1.165) is 28.9 Å². The number of methoxy groups -OCH3 is 1. The molecule has 1 N–H and O–H groups in total. The van der Waals surface area contributed by atoms with Crippen LogP contribution in [-0.4, -0.2) is 22.8 Å². The molecule has 0 aliphatic rings. The Kier molecular flexibility index (Phi) is 5.53. The Morgan fingerprint density at radius 1 is 1.10 bits per heavy atom. The minimum atomic E-state index is -4.60. The standard InChI is InChI=1S/C19H14F5N3O2/c1-29-15-7-2-4-12(19(22,23)24)11(15)10-27-9-8-16(26-27)25-18(28)17-13(20)5-3-6-14(17)21/h2-9H,10H2,1H3,(H,25,26,28). The number of alkyl halides is 3. The zero-order valence-corrected chi connectivity index (χ0v) is 14.9. The largest absolute Gasteiger partial charge is 0.496 e. The zero-order chi connectivity index (χ0) is 21.2. The van der Waals surface area contributed by atoms with Gasteiger partial charge in [0.15, 0.2) is 5.82 Å². The summed E-state index contributed by atoms with van der Waals surface area (Å²) in [6.07, 6.45) is -3.28. The molecule has 0 aliphatic carbocycles. The molecule has 0 unspecified atom stereocenters. The summed E-state index contributed by atoms with van der Waals surface area (Å²) in [4.78, 5) is 12.1. The number of nitrogens with zero attached hydrogens (tertiary/aromatic N) is 2. The van der Waals surface area contributed by atoms with Crippen molar-refractivity contribution in [1.29, 1.82) is 0 Å². The molecule has 0 aliphatic heterocycles. The van der Waals surface area contributed by atoms with Crippen molar-refractivity contribution in [3.8, 4) is 5.75 Å². The lowest BCUT2D eigenvalue weighted by molar-refractivity contribution is -0.138. The van der Waals surface area contributed by atoms with Crippen LogP contribution >= 0.6 is 0 Å². The SMILES string of the molecule is COc1cccc(C(F)(F)F)c1Cn1ccc(NC(=O)c2c(F)cccc2F)n1. The van der Waals surface area contributed by atoms with Crippen LogP contribution in [0.4, 0.5) is 27.8 Å². The van der Waals surface area contributed by atoms with Crippen molar-refractivity contribution in [1.82, 2.24) is 9.78 Å². The Balaban J connectivity index is 1.84. The predicted octanol–water partition coefficient (Wildman–Crippen LogP) is 4.49. The van der Waals surface area contributed by atoms with E-state index in [4.69, 9.17) is 4.74 Å². The van der Waals surface area contributed by atoms with Crippen molar-refractivity contribution in [2.24, 2.45) is 0 Å². The topological polar surface area (TPSA) is 56.1 Å². The number of anilines is 1. The van der Waals surface area contributed by atoms with Gasteiger partial charge in [0.1, 0.15) is 22.9 Å². The number of carbonyl (C=O) groups excluding carboxylic acids is 1. The van der Waals surface area contributed by atoms with Crippen LogP contribution in [0.5, 0.6) is 5.75 Å². The van der Waals surface area contributed by atoms with E-state index < -0.39 is 34.8 Å². The summed E-state index contributed by atoms with van der Waals surface area (Å²) in [7, 11) is 1.25. The minimum Gasteiger partial charge on any atom is -0.496 e. The minimum absolute atomic E-state index is 0.0225. The Morgan fingerprint density at radius 3 is 2.38 bits per heavy atom. The Labute approximate surface area is 161 Å². The summed E-state index contributed by atoms with van der Waals surface area (Å²) >= 11 is 0. The van der Waals surface area contributed by atoms with E-state index in [-0.39, 0.29) is 23.7 Å². The molecule has 0 spiro atoms. The molecule has 3 rings (SSSR count). The number of hydrogen-bond acceptors (Lipinski definition) is 3. The molecular formula is C19H14F5N3O2. The molecule has 5 nitrogen and oxygen atoms in total. The summed E-state index contributed by atoms with van der Waals surface area (Å²) in [6.45, 7) is -0.303. The second-order valence-corrected chi connectivity index (χ2v) is 5.93. The zero-order valence-electron chi connectivity index (χ0n) is 14.9. The van der Waals surface area contributed by atoms with Gasteiger partial charge < -0.3 is 10.1 Å². The first-order valence-corrected chi connectivity index (χ1v) is 8.22. The number of hydrogen-bond donors (Lipinski definition) is 1. The van der Waals surface area contributed by atoms with E-state index in [1.54, 1.807) is 0 Å². The number of carbonyl (C=O) groups is 1. The van der Waals surface area contributed by atoms with Crippen LogP contribution in [0.2, 0.25) is 0 Å². The van der Waals surface area contributed by atoms with Crippen LogP contribution in [0.15, 0.2) is 48.7 Å². The number of ether oxygens (including phenoxy) is 1. The van der Waals surface area contributed by atoms with Crippen LogP contribution in [0.1, 0.15) is 21.5 Å². The van der Waals surface area contributed by atoms with E-state index in [0.29, 0.717) is 0 Å². The fraction of sp³-hybridized carbons (Fsp3) is 0.158. The smallest absolute Gasteiger partial charge is 0.416 e. The summed E-state index contributed by atoms with van der Waals surface area (Å²) in [5.74, 6) is -3.23. The molecule has 0 saturated carbocycles. The van der Waals surface area contributed by atoms with Crippen LogP contribution in [-0.2, 0) is 12.7 Å². The van der Waals surface area contributed by atoms with Gasteiger partial charge in [-0.3, -0.25) is 9.48 Å². The monoisotopic (exact) mass is 411 g/mol. The summed E-state index contributed by atoms with van der Waals surface area (Å²) < 4.78 is 73.4. The van der Waals surface area contributed by atoms with Crippen LogP contribution in [0.3, 0.4) is 0 Å². The summed E-state index contributed by atoms with van der Waals surface area (Å²) in [5.41, 5.74) is -1.82. The molecule has 3 aromatic rings. The lowest BCUT2D eigenvalue weighted by atomic mass is 10.1. The third-order valence-corrected chi connectivity index (χ3v) is 4.05. The third-order valence-electron chi connectivity index (χ3n) is 4.05. The van der Waals surface area contributed by atoms with Crippen molar-refractivity contribution in [3.05, 3.63) is 77.0 Å². The second kappa shape index (κ2) is 7.90. The number of aromatic nitrogens is 2. The number of rotatable bonds is 5. The molecule has 0 fully saturated rings. The van der Waals surface area contributed by atoms with E-state index >= 15 is 0 Å². The predicted molar refractivity (Wildman–Crippen MR) is 93.6 cm³/mol. The van der Waals surface area contributed by atoms with Gasteiger partial charge >= 0.3 is 6.18 Å². The Bertz CT molecular complexity index is 1030. The van der Waals surface area contributed by atoms with Crippen molar-refractivity contribution in [3.63, 3.8) is 0 Å². The average molecular weight is 411 g/mol. The molecule has 1 heterocycles. The van der Waals surface area contributed by atoms with Gasteiger partial charge in [-0.25, -0.2) is 8.78 Å². The van der Waals surface area contributed by atoms with E-state index in [1.165, 1.54) is 31.5 Å². The van der Waals surface area contributed by atoms with Crippen molar-refractivity contribution in [2.45, 2.75) is 12.7 Å². The quantitative estimate of drug-likeness (QED) is 0.630. The van der Waals surface area contributed by atoms with Gasteiger partial charge in [0, 0.05) is 17.8 Å². The third kappa shape index (κ3) is 4.36. The highest BCUT2D eigenvalue weighted by Gasteiger charge is 2.34. The molecule has 0 radical (unpaired) electrons. The van der Waals surface area contributed by atoms with Gasteiger partial charge in [0.2, 0.25) is 0 Å². The average Bonchev–Trinajstić information content (AvgIpc) is 3.07. The molecule has 29 heavy (non-hydrogen) atoms. The Morgan fingerprint density at radius 2 is 1.76 bits per heavy atom. The normalized spacial score (nSPS) is 11.4. The number of halogens is 5. The summed E-state index contributed by atoms with van der Waals surface area (Å²) in [5, 5.41) is 6.16. The van der Waals surface area contributed by atoms with Gasteiger partial charge in [-0.15, -0.1) is 0 Å². The van der Waals surface area contributed by atoms with Gasteiger partial charge in [0.25, 0.3) is 5.91 Å². The Hall–Kier alpha value is -3.43. The lowest BCUT2D eigenvalue weighted by Crippen LogP contribution is -2.17. The number of nitrogens with one attached hydrogen (secondary N) is 1. The summed E-state index contributed by atoms with van der Waals surface area (Å²) in [6, 6.07) is 7.79. The molecular weight excluding hydrogens is 397 g/mol. The highest BCUT2D eigenvalue weighted by atomic mass is 19.4. The van der Waals surface area contributed by atoms with Crippen molar-refractivity contribution < 1.29 is 31.5 Å². The first-order chi connectivity index (χ1) is 13.7. The fourth-order valence-corrected chi connectivity index (χ4v) is 2.76. The maximum Gasteiger partial charge on any atom is 0.416 e. The lowest BCUT2D eigenvalue weighted by Gasteiger charge is -2.16. The maximum atomic E-state index is 13.7. The van der Waals surface area contributed by atoms with Crippen LogP contribution in [0.25, 0.3) is 0 Å². The van der Waals surface area contributed by atoms with Gasteiger partial charge in [0.05, 0.1) is 19.2 Å².